The van der Waals surface area contributed by atoms with Gasteiger partial charge in [-0.25, -0.2) is 0 Å². The van der Waals surface area contributed by atoms with Gasteiger partial charge in [-0.2, -0.15) is 0 Å². The van der Waals surface area contributed by atoms with Crippen LogP contribution in [-0.4, -0.2) is 39.2 Å². The number of carbonyl (C=O) groups excluding carboxylic acids is 1. The van der Waals surface area contributed by atoms with Gasteiger partial charge in [0.1, 0.15) is 11.5 Å². The SMILES string of the molecule is CNC1COCC1C(=O)Cc1ccc(OC)c(Br)c1. The number of benzene rings is 1. The van der Waals surface area contributed by atoms with Crippen LogP contribution >= 0.6 is 15.9 Å². The molecule has 0 spiro atoms. The van der Waals surface area contributed by atoms with E-state index in [0.717, 1.165) is 15.8 Å². The Balaban J connectivity index is 2.04. The minimum Gasteiger partial charge on any atom is -0.496 e. The average molecular weight is 328 g/mol. The first-order valence-corrected chi connectivity index (χ1v) is 7.05. The minimum absolute atomic E-state index is 0.0501. The third-order valence-corrected chi connectivity index (χ3v) is 4.08. The third-order valence-electron chi connectivity index (χ3n) is 3.46. The van der Waals surface area contributed by atoms with Crippen LogP contribution in [0.4, 0.5) is 0 Å². The molecule has 0 saturated carbocycles. The second-order valence-corrected chi connectivity index (χ2v) is 5.51. The zero-order valence-electron chi connectivity index (χ0n) is 11.1. The molecule has 1 aromatic carbocycles. The highest BCUT2D eigenvalue weighted by atomic mass is 79.9. The van der Waals surface area contributed by atoms with Crippen molar-refractivity contribution < 1.29 is 14.3 Å². The van der Waals surface area contributed by atoms with Gasteiger partial charge >= 0.3 is 0 Å². The summed E-state index contributed by atoms with van der Waals surface area (Å²) in [5, 5.41) is 3.14. The third kappa shape index (κ3) is 3.35. The topological polar surface area (TPSA) is 47.6 Å². The van der Waals surface area contributed by atoms with Gasteiger partial charge in [0.15, 0.2) is 0 Å². The van der Waals surface area contributed by atoms with Gasteiger partial charge in [-0.1, -0.05) is 6.07 Å². The van der Waals surface area contributed by atoms with E-state index in [1.807, 2.05) is 25.2 Å². The number of likely N-dealkylation sites (N-methyl/N-ethyl adjacent to an activating group) is 1. The predicted molar refractivity (Wildman–Crippen MR) is 76.6 cm³/mol. The molecule has 1 aromatic rings. The summed E-state index contributed by atoms with van der Waals surface area (Å²) in [6, 6.07) is 5.86. The number of hydrogen-bond donors (Lipinski definition) is 1. The molecule has 2 atom stereocenters. The Labute approximate surface area is 121 Å². The summed E-state index contributed by atoms with van der Waals surface area (Å²) in [6.45, 7) is 1.13. The van der Waals surface area contributed by atoms with Crippen LogP contribution in [0.3, 0.4) is 0 Å². The molecule has 0 radical (unpaired) electrons. The Bertz CT molecular complexity index is 464. The van der Waals surface area contributed by atoms with Crippen LogP contribution in [0.1, 0.15) is 5.56 Å². The van der Waals surface area contributed by atoms with Crippen LogP contribution in [0, 0.1) is 5.92 Å². The molecule has 2 unspecified atom stereocenters. The van der Waals surface area contributed by atoms with Crippen molar-refractivity contribution in [3.05, 3.63) is 28.2 Å². The number of Topliss-reactive ketones (excluding diaryl/α,β-unsaturated/α-hetero) is 1. The number of rotatable bonds is 5. The summed E-state index contributed by atoms with van der Waals surface area (Å²) in [4.78, 5) is 12.3. The number of ketones is 1. The summed E-state index contributed by atoms with van der Waals surface area (Å²) >= 11 is 3.43. The highest BCUT2D eigenvalue weighted by molar-refractivity contribution is 9.10. The van der Waals surface area contributed by atoms with E-state index < -0.39 is 0 Å². The van der Waals surface area contributed by atoms with Gasteiger partial charge in [-0.05, 0) is 40.7 Å². The van der Waals surface area contributed by atoms with Crippen molar-refractivity contribution in [1.82, 2.24) is 5.32 Å². The number of methoxy groups -OCH3 is 1. The Morgan fingerprint density at radius 3 is 2.95 bits per heavy atom. The number of ether oxygens (including phenoxy) is 2. The Kier molecular flexibility index (Phi) is 4.96. The van der Waals surface area contributed by atoms with Gasteiger partial charge in [0.25, 0.3) is 0 Å². The van der Waals surface area contributed by atoms with Crippen molar-refractivity contribution in [2.45, 2.75) is 12.5 Å². The maximum Gasteiger partial charge on any atom is 0.144 e. The van der Waals surface area contributed by atoms with Gasteiger partial charge in [0.05, 0.1) is 30.7 Å². The van der Waals surface area contributed by atoms with Crippen molar-refractivity contribution in [2.75, 3.05) is 27.4 Å². The molecular formula is C14H18BrNO3. The Morgan fingerprint density at radius 2 is 2.32 bits per heavy atom. The quantitative estimate of drug-likeness (QED) is 0.895. The first-order chi connectivity index (χ1) is 9.15. The second-order valence-electron chi connectivity index (χ2n) is 4.65. The largest absolute Gasteiger partial charge is 0.496 e. The predicted octanol–water partition coefficient (Wildman–Crippen LogP) is 1.80. The normalized spacial score (nSPS) is 22.5. The molecule has 0 aliphatic carbocycles. The Morgan fingerprint density at radius 1 is 1.53 bits per heavy atom. The maximum absolute atomic E-state index is 12.3. The van der Waals surface area contributed by atoms with E-state index in [-0.39, 0.29) is 17.7 Å². The van der Waals surface area contributed by atoms with Crippen molar-refractivity contribution in [1.29, 1.82) is 0 Å². The molecule has 5 heteroatoms. The van der Waals surface area contributed by atoms with Crippen molar-refractivity contribution in [2.24, 2.45) is 5.92 Å². The summed E-state index contributed by atoms with van der Waals surface area (Å²) in [6.07, 6.45) is 0.425. The van der Waals surface area contributed by atoms with Crippen LogP contribution in [0.25, 0.3) is 0 Å². The lowest BCUT2D eigenvalue weighted by Gasteiger charge is -2.15. The van der Waals surface area contributed by atoms with E-state index in [2.05, 4.69) is 21.2 Å². The zero-order valence-corrected chi connectivity index (χ0v) is 12.7. The molecule has 1 N–H and O–H groups in total. The minimum atomic E-state index is -0.0501. The number of hydrogen-bond acceptors (Lipinski definition) is 4. The van der Waals surface area contributed by atoms with Gasteiger partial charge in [-0.3, -0.25) is 4.79 Å². The molecule has 2 rings (SSSR count). The molecule has 19 heavy (non-hydrogen) atoms. The Hall–Kier alpha value is -0.910. The fourth-order valence-electron chi connectivity index (χ4n) is 2.31. The summed E-state index contributed by atoms with van der Waals surface area (Å²) in [5.41, 5.74) is 0.986. The molecule has 1 heterocycles. The first kappa shape index (κ1) is 14.5. The van der Waals surface area contributed by atoms with E-state index >= 15 is 0 Å². The monoisotopic (exact) mass is 327 g/mol. The molecule has 1 aliphatic heterocycles. The molecule has 0 amide bonds. The standard InChI is InChI=1S/C14H18BrNO3/c1-16-12-8-19-7-10(12)13(17)6-9-3-4-14(18-2)11(15)5-9/h3-5,10,12,16H,6-8H2,1-2H3. The van der Waals surface area contributed by atoms with Gasteiger partial charge in [-0.15, -0.1) is 0 Å². The smallest absolute Gasteiger partial charge is 0.144 e. The molecule has 0 bridgehead atoms. The number of carbonyl (C=O) groups is 1. The average Bonchev–Trinajstić information content (AvgIpc) is 2.87. The van der Waals surface area contributed by atoms with Crippen molar-refractivity contribution >= 4 is 21.7 Å². The van der Waals surface area contributed by atoms with Crippen LogP contribution in [0.5, 0.6) is 5.75 Å². The van der Waals surface area contributed by atoms with Gasteiger partial charge in [0.2, 0.25) is 0 Å². The van der Waals surface area contributed by atoms with Crippen LogP contribution < -0.4 is 10.1 Å². The summed E-state index contributed by atoms with van der Waals surface area (Å²) in [5.74, 6) is 0.938. The number of halogens is 1. The van der Waals surface area contributed by atoms with Crippen LogP contribution in [0.15, 0.2) is 22.7 Å². The van der Waals surface area contributed by atoms with Gasteiger partial charge in [0, 0.05) is 12.5 Å². The molecule has 0 aromatic heterocycles. The molecule has 4 nitrogen and oxygen atoms in total. The molecule has 1 fully saturated rings. The first-order valence-electron chi connectivity index (χ1n) is 6.26. The summed E-state index contributed by atoms with van der Waals surface area (Å²) < 4.78 is 11.4. The number of nitrogens with one attached hydrogen (secondary N) is 1. The van der Waals surface area contributed by atoms with E-state index in [0.29, 0.717) is 19.6 Å². The van der Waals surface area contributed by atoms with Crippen LogP contribution in [-0.2, 0) is 16.0 Å². The maximum atomic E-state index is 12.3. The van der Waals surface area contributed by atoms with E-state index in [1.54, 1.807) is 7.11 Å². The lowest BCUT2D eigenvalue weighted by molar-refractivity contribution is -0.122. The molecule has 104 valence electrons. The fourth-order valence-corrected chi connectivity index (χ4v) is 2.90. The van der Waals surface area contributed by atoms with E-state index in [9.17, 15) is 4.79 Å². The molecule has 1 aliphatic rings. The lowest BCUT2D eigenvalue weighted by Crippen LogP contribution is -2.37. The van der Waals surface area contributed by atoms with Gasteiger partial charge < -0.3 is 14.8 Å². The highest BCUT2D eigenvalue weighted by Gasteiger charge is 2.32. The molecular weight excluding hydrogens is 310 g/mol. The fraction of sp³-hybridized carbons (Fsp3) is 0.500. The lowest BCUT2D eigenvalue weighted by atomic mass is 9.94. The second kappa shape index (κ2) is 6.50. The molecule has 1 saturated heterocycles. The summed E-state index contributed by atoms with van der Waals surface area (Å²) in [7, 11) is 3.49. The van der Waals surface area contributed by atoms with E-state index in [1.165, 1.54) is 0 Å². The van der Waals surface area contributed by atoms with Crippen molar-refractivity contribution in [3.8, 4) is 5.75 Å². The van der Waals surface area contributed by atoms with Crippen LogP contribution in [0.2, 0.25) is 0 Å². The zero-order chi connectivity index (χ0) is 13.8. The van der Waals surface area contributed by atoms with Crippen molar-refractivity contribution in [3.63, 3.8) is 0 Å². The highest BCUT2D eigenvalue weighted by Crippen LogP contribution is 2.26. The van der Waals surface area contributed by atoms with E-state index in [4.69, 9.17) is 9.47 Å².